The van der Waals surface area contributed by atoms with E-state index < -0.39 is 8.07 Å². The van der Waals surface area contributed by atoms with Crippen molar-refractivity contribution >= 4 is 18.8 Å². The van der Waals surface area contributed by atoms with Crippen LogP contribution in [-0.4, -0.2) is 8.07 Å². The van der Waals surface area contributed by atoms with E-state index in [9.17, 15) is 0 Å². The lowest BCUT2D eigenvalue weighted by Gasteiger charge is -2.16. The van der Waals surface area contributed by atoms with Gasteiger partial charge in [0.05, 0.1) is 0 Å². The highest BCUT2D eigenvalue weighted by molar-refractivity contribution is 6.76. The van der Waals surface area contributed by atoms with Gasteiger partial charge in [-0.2, -0.15) is 0 Å². The molecule has 0 aliphatic carbocycles. The van der Waals surface area contributed by atoms with Crippen molar-refractivity contribution in [3.63, 3.8) is 0 Å². The molecule has 0 aliphatic rings. The molecule has 0 saturated heterocycles. The van der Waals surface area contributed by atoms with Gasteiger partial charge in [-0.05, 0) is 22.8 Å². The van der Waals surface area contributed by atoms with E-state index in [0.717, 1.165) is 0 Å². The molecule has 0 aliphatic heterocycles. The number of rotatable bonds is 3. The van der Waals surface area contributed by atoms with Gasteiger partial charge in [-0.3, -0.25) is 0 Å². The average molecular weight is 228 g/mol. The van der Waals surface area contributed by atoms with Gasteiger partial charge in [-0.15, -0.1) is 0 Å². The van der Waals surface area contributed by atoms with E-state index >= 15 is 0 Å². The van der Waals surface area contributed by atoms with Gasteiger partial charge in [0, 0.05) is 8.07 Å². The molecule has 0 unspecified atom stereocenters. The van der Waals surface area contributed by atoms with Crippen molar-refractivity contribution in [1.29, 1.82) is 0 Å². The van der Waals surface area contributed by atoms with Crippen LogP contribution in [0.5, 0.6) is 0 Å². The molecule has 2 rings (SSSR count). The van der Waals surface area contributed by atoms with Crippen molar-refractivity contribution < 1.29 is 0 Å². The predicted octanol–water partition coefficient (Wildman–Crippen LogP) is 4.72. The van der Waals surface area contributed by atoms with Gasteiger partial charge < -0.3 is 0 Å². The lowest BCUT2D eigenvalue weighted by molar-refractivity contribution is 1.11. The van der Waals surface area contributed by atoms with Gasteiger partial charge in [0.25, 0.3) is 0 Å². The Bertz CT molecular complexity index is 475. The number of hydrogen-bond acceptors (Lipinski definition) is 0. The van der Waals surface area contributed by atoms with Gasteiger partial charge in [-0.25, -0.2) is 0 Å². The summed E-state index contributed by atoms with van der Waals surface area (Å²) in [5.74, 6) is 0. The summed E-state index contributed by atoms with van der Waals surface area (Å²) in [6.45, 7) is 7.33. The summed E-state index contributed by atoms with van der Waals surface area (Å²) in [4.78, 5) is 0. The zero-order valence-electron chi connectivity index (χ0n) is 10.5. The number of benzene rings is 2. The van der Waals surface area contributed by atoms with Crippen LogP contribution in [0.2, 0.25) is 25.7 Å². The van der Waals surface area contributed by atoms with E-state index in [4.69, 9.17) is 0 Å². The molecule has 0 heterocycles. The van der Waals surface area contributed by atoms with Gasteiger partial charge >= 0.3 is 0 Å². The van der Waals surface area contributed by atoms with Gasteiger partial charge in [0.1, 0.15) is 0 Å². The second-order valence-corrected chi connectivity index (χ2v) is 11.3. The van der Waals surface area contributed by atoms with E-state index in [0.29, 0.717) is 0 Å². The normalized spacial score (nSPS) is 11.9. The monoisotopic (exact) mass is 228 g/mol. The van der Waals surface area contributed by atoms with Crippen molar-refractivity contribution in [1.82, 2.24) is 0 Å². The van der Waals surface area contributed by atoms with Crippen LogP contribution in [-0.2, 0) is 6.42 Å². The van der Waals surface area contributed by atoms with Gasteiger partial charge in [0.2, 0.25) is 0 Å². The molecular weight excluding hydrogens is 208 g/mol. The lowest BCUT2D eigenvalue weighted by Crippen LogP contribution is -2.19. The van der Waals surface area contributed by atoms with Crippen LogP contribution >= 0.6 is 0 Å². The van der Waals surface area contributed by atoms with Crippen LogP contribution in [0, 0.1) is 0 Å². The minimum atomic E-state index is -0.927. The Kier molecular flexibility index (Phi) is 3.15. The number of aryl methyl sites for hydroxylation is 1. The Morgan fingerprint density at radius 1 is 0.875 bits per heavy atom. The van der Waals surface area contributed by atoms with Crippen LogP contribution in [0.3, 0.4) is 0 Å². The number of fused-ring (bicyclic) bond motifs is 1. The highest BCUT2D eigenvalue weighted by Gasteiger charge is 2.13. The molecule has 2 aromatic rings. The first-order chi connectivity index (χ1) is 7.56. The highest BCUT2D eigenvalue weighted by atomic mass is 28.3. The molecule has 0 aromatic heterocycles. The Labute approximate surface area is 99.3 Å². The maximum absolute atomic E-state index is 2.44. The van der Waals surface area contributed by atoms with Crippen molar-refractivity contribution in [2.75, 3.05) is 0 Å². The molecule has 0 fully saturated rings. The maximum atomic E-state index is 2.44. The molecule has 0 nitrogen and oxygen atoms in total. The summed E-state index contributed by atoms with van der Waals surface area (Å²) in [6, 6.07) is 16.7. The van der Waals surface area contributed by atoms with Crippen molar-refractivity contribution in [3.05, 3.63) is 48.0 Å². The van der Waals surface area contributed by atoms with E-state index in [-0.39, 0.29) is 0 Å². The fourth-order valence-electron chi connectivity index (χ4n) is 2.02. The first-order valence-corrected chi connectivity index (χ1v) is 9.74. The fraction of sp³-hybridized carbons (Fsp3) is 0.333. The predicted molar refractivity (Wildman–Crippen MR) is 75.8 cm³/mol. The third-order valence-electron chi connectivity index (χ3n) is 3.02. The standard InChI is InChI=1S/C15H20Si/c1-16(2,3)12-11-14-9-6-8-13-7-4-5-10-15(13)14/h4-10H,11-12H2,1-3H3. The first-order valence-electron chi connectivity index (χ1n) is 6.03. The summed E-state index contributed by atoms with van der Waals surface area (Å²) < 4.78 is 0. The third kappa shape index (κ3) is 2.73. The quantitative estimate of drug-likeness (QED) is 0.667. The first kappa shape index (κ1) is 11.4. The fourth-order valence-corrected chi connectivity index (χ4v) is 3.04. The summed E-state index contributed by atoms with van der Waals surface area (Å²) in [5, 5.41) is 2.80. The molecule has 0 amide bonds. The molecule has 0 N–H and O–H groups in total. The van der Waals surface area contributed by atoms with Crippen LogP contribution < -0.4 is 0 Å². The Balaban J connectivity index is 2.30. The lowest BCUT2D eigenvalue weighted by atomic mass is 10.0. The van der Waals surface area contributed by atoms with Crippen molar-refractivity contribution in [2.24, 2.45) is 0 Å². The average Bonchev–Trinajstić information content (AvgIpc) is 2.25. The molecule has 16 heavy (non-hydrogen) atoms. The number of hydrogen-bond donors (Lipinski definition) is 0. The smallest absolute Gasteiger partial charge is 0.0445 e. The highest BCUT2D eigenvalue weighted by Crippen LogP contribution is 2.22. The molecule has 0 radical (unpaired) electrons. The van der Waals surface area contributed by atoms with Gasteiger partial charge in [-0.1, -0.05) is 68.1 Å². The minimum Gasteiger partial charge on any atom is -0.0695 e. The second kappa shape index (κ2) is 4.42. The molecule has 0 saturated carbocycles. The van der Waals surface area contributed by atoms with Crippen LogP contribution in [0.1, 0.15) is 5.56 Å². The molecule has 0 bridgehead atoms. The molecular formula is C15H20Si. The Morgan fingerprint density at radius 3 is 2.31 bits per heavy atom. The molecule has 84 valence electrons. The SMILES string of the molecule is C[Si](C)(C)CCc1cccc2ccccc12. The van der Waals surface area contributed by atoms with E-state index in [1.807, 2.05) is 0 Å². The molecule has 1 heteroatoms. The van der Waals surface area contributed by atoms with Crippen LogP contribution in [0.4, 0.5) is 0 Å². The van der Waals surface area contributed by atoms with Gasteiger partial charge in [0.15, 0.2) is 0 Å². The largest absolute Gasteiger partial charge is 0.0695 e. The third-order valence-corrected chi connectivity index (χ3v) is 4.77. The molecule has 0 atom stereocenters. The summed E-state index contributed by atoms with van der Waals surface area (Å²) >= 11 is 0. The summed E-state index contributed by atoms with van der Waals surface area (Å²) in [5.41, 5.74) is 1.51. The topological polar surface area (TPSA) is 0 Å². The van der Waals surface area contributed by atoms with Crippen molar-refractivity contribution in [3.8, 4) is 0 Å². The molecule has 2 aromatic carbocycles. The Hall–Kier alpha value is -1.08. The summed E-state index contributed by atoms with van der Waals surface area (Å²) in [6.07, 6.45) is 1.23. The zero-order chi connectivity index (χ0) is 11.6. The van der Waals surface area contributed by atoms with Crippen LogP contribution in [0.25, 0.3) is 10.8 Å². The van der Waals surface area contributed by atoms with E-state index in [1.54, 1.807) is 0 Å². The van der Waals surface area contributed by atoms with E-state index in [2.05, 4.69) is 62.1 Å². The van der Waals surface area contributed by atoms with E-state index in [1.165, 1.54) is 28.8 Å². The maximum Gasteiger partial charge on any atom is 0.0445 e. The van der Waals surface area contributed by atoms with Crippen LogP contribution in [0.15, 0.2) is 42.5 Å². The Morgan fingerprint density at radius 2 is 1.56 bits per heavy atom. The zero-order valence-corrected chi connectivity index (χ0v) is 11.5. The minimum absolute atomic E-state index is 0.927. The molecule has 0 spiro atoms. The summed E-state index contributed by atoms with van der Waals surface area (Å²) in [7, 11) is -0.927. The van der Waals surface area contributed by atoms with Crippen molar-refractivity contribution in [2.45, 2.75) is 32.1 Å². The second-order valence-electron chi connectivity index (χ2n) is 5.70.